The molecule has 0 saturated heterocycles. The van der Waals surface area contributed by atoms with Crippen LogP contribution in [0.25, 0.3) is 10.9 Å². The lowest BCUT2D eigenvalue weighted by Crippen LogP contribution is -2.18. The molecule has 2 rings (SSSR count). The van der Waals surface area contributed by atoms with E-state index in [-0.39, 0.29) is 10.9 Å². The number of fused-ring (bicyclic) bond motifs is 1. The molecule has 0 saturated carbocycles. The highest BCUT2D eigenvalue weighted by atomic mass is 35.5. The van der Waals surface area contributed by atoms with Crippen molar-refractivity contribution in [2.24, 2.45) is 0 Å². The molecule has 0 aliphatic carbocycles. The van der Waals surface area contributed by atoms with Crippen LogP contribution < -0.4 is 5.56 Å². The summed E-state index contributed by atoms with van der Waals surface area (Å²) in [6.07, 6.45) is 0. The fourth-order valence-corrected chi connectivity index (χ4v) is 1.31. The first-order valence-corrected chi connectivity index (χ1v) is 4.42. The van der Waals surface area contributed by atoms with Crippen LogP contribution in [0.2, 0.25) is 0 Å². The molecule has 1 aromatic heterocycles. The van der Waals surface area contributed by atoms with Gasteiger partial charge in [0.05, 0.1) is 10.9 Å². The number of hydrogen-bond donors (Lipinski definition) is 1. The van der Waals surface area contributed by atoms with Gasteiger partial charge in [-0.15, -0.1) is 0 Å². The van der Waals surface area contributed by atoms with E-state index in [1.165, 1.54) is 12.1 Å². The second-order valence-corrected chi connectivity index (χ2v) is 3.40. The van der Waals surface area contributed by atoms with Crippen LogP contribution in [-0.2, 0) is 5.38 Å². The number of nitrogens with one attached hydrogen (secondary N) is 1. The zero-order chi connectivity index (χ0) is 11.1. The summed E-state index contributed by atoms with van der Waals surface area (Å²) in [4.78, 5) is 16.9. The first-order chi connectivity index (χ1) is 6.98. The molecule has 0 radical (unpaired) electrons. The van der Waals surface area contributed by atoms with Gasteiger partial charge < -0.3 is 4.98 Å². The molecular formula is C9H5ClF2N2O. The van der Waals surface area contributed by atoms with Gasteiger partial charge in [-0.05, 0) is 23.7 Å². The maximum Gasteiger partial charge on any atom is 0.379 e. The lowest BCUT2D eigenvalue weighted by molar-refractivity contribution is 0.0846. The highest BCUT2D eigenvalue weighted by Crippen LogP contribution is 2.29. The number of alkyl halides is 3. The normalized spacial score (nSPS) is 11.9. The Morgan fingerprint density at radius 1 is 1.33 bits per heavy atom. The Hall–Kier alpha value is -1.49. The summed E-state index contributed by atoms with van der Waals surface area (Å²) in [5.74, 6) is -0.840. The van der Waals surface area contributed by atoms with Gasteiger partial charge in [0.15, 0.2) is 5.82 Å². The molecule has 0 spiro atoms. The number of nitrogens with zero attached hydrogens (tertiary/aromatic N) is 1. The van der Waals surface area contributed by atoms with E-state index in [0.29, 0.717) is 0 Å². The predicted molar refractivity (Wildman–Crippen MR) is 52.1 cm³/mol. The van der Waals surface area contributed by atoms with E-state index in [1.54, 1.807) is 12.1 Å². The fourth-order valence-electron chi connectivity index (χ4n) is 1.22. The van der Waals surface area contributed by atoms with Crippen molar-refractivity contribution < 1.29 is 8.78 Å². The minimum Gasteiger partial charge on any atom is -0.304 e. The first kappa shape index (κ1) is 10.0. The Morgan fingerprint density at radius 2 is 2.00 bits per heavy atom. The lowest BCUT2D eigenvalue weighted by Gasteiger charge is -2.06. The van der Waals surface area contributed by atoms with Crippen LogP contribution in [0.4, 0.5) is 8.78 Å². The van der Waals surface area contributed by atoms with Crippen molar-refractivity contribution in [2.45, 2.75) is 5.38 Å². The standard InChI is InChI=1S/C9H5ClF2N2O/c10-9(11,12)8-13-6-4-2-1-3-5(6)7(15)14-8/h1-4H,(H,13,14,15). The Labute approximate surface area is 87.7 Å². The Kier molecular flexibility index (Phi) is 2.19. The third-order valence-corrected chi connectivity index (χ3v) is 2.06. The third-order valence-electron chi connectivity index (χ3n) is 1.88. The van der Waals surface area contributed by atoms with Gasteiger partial charge in [0.25, 0.3) is 5.56 Å². The van der Waals surface area contributed by atoms with Crippen molar-refractivity contribution in [1.82, 2.24) is 9.97 Å². The number of H-pyrrole nitrogens is 1. The maximum atomic E-state index is 12.7. The molecule has 78 valence electrons. The van der Waals surface area contributed by atoms with Crippen LogP contribution in [0.3, 0.4) is 0 Å². The van der Waals surface area contributed by atoms with Crippen molar-refractivity contribution in [3.63, 3.8) is 0 Å². The van der Waals surface area contributed by atoms with Crippen LogP contribution >= 0.6 is 11.6 Å². The van der Waals surface area contributed by atoms with Gasteiger partial charge >= 0.3 is 5.38 Å². The summed E-state index contributed by atoms with van der Waals surface area (Å²) in [5.41, 5.74) is -0.437. The van der Waals surface area contributed by atoms with Crippen molar-refractivity contribution in [2.75, 3.05) is 0 Å². The summed E-state index contributed by atoms with van der Waals surface area (Å²) in [5, 5.41) is -3.41. The Morgan fingerprint density at radius 3 is 2.67 bits per heavy atom. The number of benzene rings is 1. The summed E-state index contributed by atoms with van der Waals surface area (Å²) in [6.45, 7) is 0. The lowest BCUT2D eigenvalue weighted by atomic mass is 10.2. The minimum atomic E-state index is -3.66. The summed E-state index contributed by atoms with van der Waals surface area (Å²) >= 11 is 4.76. The molecule has 6 heteroatoms. The van der Waals surface area contributed by atoms with E-state index in [4.69, 9.17) is 11.6 Å². The largest absolute Gasteiger partial charge is 0.379 e. The molecule has 0 atom stereocenters. The van der Waals surface area contributed by atoms with Crippen molar-refractivity contribution in [3.8, 4) is 0 Å². The molecule has 0 aliphatic rings. The van der Waals surface area contributed by atoms with Gasteiger partial charge in [0.2, 0.25) is 0 Å². The number of hydrogen-bond acceptors (Lipinski definition) is 2. The van der Waals surface area contributed by atoms with Crippen LogP contribution in [0.1, 0.15) is 5.82 Å². The zero-order valence-electron chi connectivity index (χ0n) is 7.30. The van der Waals surface area contributed by atoms with Crippen molar-refractivity contribution in [1.29, 1.82) is 0 Å². The molecule has 1 aromatic carbocycles. The highest BCUT2D eigenvalue weighted by Gasteiger charge is 2.31. The van der Waals surface area contributed by atoms with Gasteiger partial charge in [-0.3, -0.25) is 4.79 Å². The van der Waals surface area contributed by atoms with E-state index in [1.807, 2.05) is 4.98 Å². The van der Waals surface area contributed by atoms with E-state index < -0.39 is 16.8 Å². The maximum absolute atomic E-state index is 12.7. The van der Waals surface area contributed by atoms with E-state index in [2.05, 4.69) is 4.98 Å². The minimum absolute atomic E-state index is 0.191. The Balaban J connectivity index is 2.79. The molecule has 0 bridgehead atoms. The molecular weight excluding hydrogens is 226 g/mol. The number of rotatable bonds is 1. The Bertz CT molecular complexity index is 562. The van der Waals surface area contributed by atoms with Crippen molar-refractivity contribution in [3.05, 3.63) is 40.4 Å². The number of para-hydroxylation sites is 1. The molecule has 1 heterocycles. The molecule has 0 fully saturated rings. The van der Waals surface area contributed by atoms with Crippen LogP contribution in [0, 0.1) is 0 Å². The van der Waals surface area contributed by atoms with E-state index in [9.17, 15) is 13.6 Å². The number of aromatic nitrogens is 2. The molecule has 3 nitrogen and oxygen atoms in total. The van der Waals surface area contributed by atoms with E-state index >= 15 is 0 Å². The van der Waals surface area contributed by atoms with E-state index in [0.717, 1.165) is 0 Å². The smallest absolute Gasteiger partial charge is 0.304 e. The summed E-state index contributed by atoms with van der Waals surface area (Å²) in [6, 6.07) is 6.19. The topological polar surface area (TPSA) is 45.8 Å². The van der Waals surface area contributed by atoms with Gasteiger partial charge in [-0.1, -0.05) is 12.1 Å². The van der Waals surface area contributed by atoms with Gasteiger partial charge in [-0.2, -0.15) is 8.78 Å². The first-order valence-electron chi connectivity index (χ1n) is 4.05. The van der Waals surface area contributed by atoms with Gasteiger partial charge in [-0.25, -0.2) is 4.98 Å². The molecule has 0 aliphatic heterocycles. The van der Waals surface area contributed by atoms with Gasteiger partial charge in [0, 0.05) is 0 Å². The fraction of sp³-hybridized carbons (Fsp3) is 0.111. The third kappa shape index (κ3) is 1.83. The highest BCUT2D eigenvalue weighted by molar-refractivity contribution is 6.21. The summed E-state index contributed by atoms with van der Waals surface area (Å²) < 4.78 is 25.4. The SMILES string of the molecule is O=c1[nH]c(C(F)(F)Cl)nc2ccccc12. The summed E-state index contributed by atoms with van der Waals surface area (Å²) in [7, 11) is 0. The second-order valence-electron chi connectivity index (χ2n) is 2.93. The quantitative estimate of drug-likeness (QED) is 0.764. The second kappa shape index (κ2) is 3.27. The van der Waals surface area contributed by atoms with Crippen LogP contribution in [0.15, 0.2) is 29.1 Å². The molecule has 2 aromatic rings. The number of halogens is 3. The molecule has 1 N–H and O–H groups in total. The molecule has 15 heavy (non-hydrogen) atoms. The average Bonchev–Trinajstić information content (AvgIpc) is 2.16. The molecule has 0 amide bonds. The van der Waals surface area contributed by atoms with Crippen molar-refractivity contribution >= 4 is 22.5 Å². The van der Waals surface area contributed by atoms with Crippen LogP contribution in [-0.4, -0.2) is 9.97 Å². The van der Waals surface area contributed by atoms with Gasteiger partial charge in [0.1, 0.15) is 0 Å². The predicted octanol–water partition coefficient (Wildman–Crippen LogP) is 2.21. The molecule has 0 unspecified atom stereocenters. The zero-order valence-corrected chi connectivity index (χ0v) is 8.05. The van der Waals surface area contributed by atoms with Crippen LogP contribution in [0.5, 0.6) is 0 Å². The number of aromatic amines is 1. The average molecular weight is 231 g/mol. The monoisotopic (exact) mass is 230 g/mol.